The number of carbonyl (C=O) groups is 1. The Morgan fingerprint density at radius 3 is 2.70 bits per heavy atom. The summed E-state index contributed by atoms with van der Waals surface area (Å²) in [4.78, 5) is 12.1. The van der Waals surface area contributed by atoms with Crippen molar-refractivity contribution < 1.29 is 14.3 Å². The predicted molar refractivity (Wildman–Crippen MR) is 76.5 cm³/mol. The Hall–Kier alpha value is -1.59. The van der Waals surface area contributed by atoms with Crippen LogP contribution in [-0.4, -0.2) is 37.3 Å². The number of ether oxygens (including phenoxy) is 2. The van der Waals surface area contributed by atoms with Gasteiger partial charge in [0.15, 0.2) is 0 Å². The number of nitrogens with two attached hydrogens (primary N) is 1. The van der Waals surface area contributed by atoms with E-state index in [9.17, 15) is 4.79 Å². The van der Waals surface area contributed by atoms with Crippen LogP contribution in [0.25, 0.3) is 0 Å². The van der Waals surface area contributed by atoms with Gasteiger partial charge in [-0.2, -0.15) is 0 Å². The number of nitrogens with one attached hydrogen (secondary N) is 1. The van der Waals surface area contributed by atoms with Crippen molar-refractivity contribution in [3.63, 3.8) is 0 Å². The van der Waals surface area contributed by atoms with Crippen LogP contribution in [0.3, 0.4) is 0 Å². The highest BCUT2D eigenvalue weighted by Crippen LogP contribution is 2.17. The number of rotatable bonds is 5. The Kier molecular flexibility index (Phi) is 4.98. The lowest BCUT2D eigenvalue weighted by Gasteiger charge is -2.32. The highest BCUT2D eigenvalue weighted by Gasteiger charge is 2.35. The fourth-order valence-corrected chi connectivity index (χ4v) is 2.15. The number of para-hydroxylation sites is 1. The van der Waals surface area contributed by atoms with Crippen LogP contribution in [0.1, 0.15) is 19.8 Å². The summed E-state index contributed by atoms with van der Waals surface area (Å²) in [6.45, 7) is 3.44. The highest BCUT2D eigenvalue weighted by molar-refractivity contribution is 5.86. The van der Waals surface area contributed by atoms with E-state index in [4.69, 9.17) is 15.2 Å². The summed E-state index contributed by atoms with van der Waals surface area (Å²) in [5.74, 6) is 0.673. The molecule has 1 aliphatic rings. The van der Waals surface area contributed by atoms with Gasteiger partial charge in [0.2, 0.25) is 5.91 Å². The molecule has 3 N–H and O–H groups in total. The van der Waals surface area contributed by atoms with E-state index in [0.717, 1.165) is 5.75 Å². The van der Waals surface area contributed by atoms with E-state index in [1.165, 1.54) is 0 Å². The van der Waals surface area contributed by atoms with E-state index in [-0.39, 0.29) is 12.0 Å². The lowest BCUT2D eigenvalue weighted by Crippen LogP contribution is -2.57. The third-order valence-corrected chi connectivity index (χ3v) is 3.47. The minimum atomic E-state index is -0.801. The number of hydrogen-bond acceptors (Lipinski definition) is 4. The molecule has 1 aromatic carbocycles. The van der Waals surface area contributed by atoms with Gasteiger partial charge >= 0.3 is 0 Å². The van der Waals surface area contributed by atoms with Crippen LogP contribution >= 0.6 is 0 Å². The van der Waals surface area contributed by atoms with E-state index in [0.29, 0.717) is 32.6 Å². The molecular formula is C15H22N2O3. The van der Waals surface area contributed by atoms with Gasteiger partial charge in [-0.15, -0.1) is 0 Å². The molecule has 1 aromatic rings. The van der Waals surface area contributed by atoms with Crippen LogP contribution in [0.4, 0.5) is 0 Å². The summed E-state index contributed by atoms with van der Waals surface area (Å²) in [6, 6.07) is 9.54. The molecule has 1 aliphatic heterocycles. The van der Waals surface area contributed by atoms with Crippen LogP contribution < -0.4 is 15.8 Å². The molecule has 0 saturated carbocycles. The van der Waals surface area contributed by atoms with E-state index >= 15 is 0 Å². The van der Waals surface area contributed by atoms with Crippen LogP contribution in [-0.2, 0) is 9.53 Å². The molecule has 20 heavy (non-hydrogen) atoms. The van der Waals surface area contributed by atoms with Crippen LogP contribution in [0, 0.1) is 0 Å². The lowest BCUT2D eigenvalue weighted by atomic mass is 9.90. The third kappa shape index (κ3) is 3.95. The van der Waals surface area contributed by atoms with Crippen molar-refractivity contribution in [2.45, 2.75) is 31.4 Å². The van der Waals surface area contributed by atoms with Crippen molar-refractivity contribution >= 4 is 5.91 Å². The van der Waals surface area contributed by atoms with E-state index in [1.807, 2.05) is 37.3 Å². The molecule has 2 rings (SSSR count). The summed E-state index contributed by atoms with van der Waals surface area (Å²) in [7, 11) is 0. The van der Waals surface area contributed by atoms with E-state index in [2.05, 4.69) is 5.32 Å². The monoisotopic (exact) mass is 278 g/mol. The molecule has 0 aliphatic carbocycles. The number of benzene rings is 1. The van der Waals surface area contributed by atoms with Crippen LogP contribution in [0.2, 0.25) is 0 Å². The number of hydrogen-bond donors (Lipinski definition) is 2. The van der Waals surface area contributed by atoms with Gasteiger partial charge in [-0.05, 0) is 31.9 Å². The fourth-order valence-electron chi connectivity index (χ4n) is 2.15. The molecule has 1 heterocycles. The SMILES string of the molecule is CC(CNC(=O)C1(N)CCOCC1)Oc1ccccc1. The molecule has 1 saturated heterocycles. The van der Waals surface area contributed by atoms with Gasteiger partial charge < -0.3 is 20.5 Å². The zero-order valence-electron chi connectivity index (χ0n) is 11.8. The molecule has 1 unspecified atom stereocenters. The largest absolute Gasteiger partial charge is 0.489 e. The topological polar surface area (TPSA) is 73.6 Å². The second-order valence-electron chi connectivity index (χ2n) is 5.22. The standard InChI is InChI=1S/C15H22N2O3/c1-12(20-13-5-3-2-4-6-13)11-17-14(18)15(16)7-9-19-10-8-15/h2-6,12H,7-11,16H2,1H3,(H,17,18). The molecule has 0 spiro atoms. The molecule has 0 radical (unpaired) electrons. The lowest BCUT2D eigenvalue weighted by molar-refractivity contribution is -0.130. The quantitative estimate of drug-likeness (QED) is 0.845. The van der Waals surface area contributed by atoms with Gasteiger partial charge in [0.05, 0.1) is 12.1 Å². The molecular weight excluding hydrogens is 256 g/mol. The van der Waals surface area contributed by atoms with E-state index in [1.54, 1.807) is 0 Å². The first kappa shape index (κ1) is 14.8. The summed E-state index contributed by atoms with van der Waals surface area (Å²) in [5, 5.41) is 2.87. The van der Waals surface area contributed by atoms with Crippen molar-refractivity contribution in [2.24, 2.45) is 5.73 Å². The van der Waals surface area contributed by atoms with Gasteiger partial charge in [0, 0.05) is 13.2 Å². The van der Waals surface area contributed by atoms with E-state index < -0.39 is 5.54 Å². The Bertz CT molecular complexity index is 430. The van der Waals surface area contributed by atoms with Gasteiger partial charge in [-0.25, -0.2) is 0 Å². The van der Waals surface area contributed by atoms with Crippen LogP contribution in [0.5, 0.6) is 5.75 Å². The second kappa shape index (κ2) is 6.72. The average Bonchev–Trinajstić information content (AvgIpc) is 2.46. The fraction of sp³-hybridized carbons (Fsp3) is 0.533. The number of amides is 1. The summed E-state index contributed by atoms with van der Waals surface area (Å²) in [5.41, 5.74) is 5.31. The molecule has 5 nitrogen and oxygen atoms in total. The molecule has 5 heteroatoms. The van der Waals surface area contributed by atoms with Crippen molar-refractivity contribution in [3.8, 4) is 5.75 Å². The summed E-state index contributed by atoms with van der Waals surface area (Å²) in [6.07, 6.45) is 1.02. The highest BCUT2D eigenvalue weighted by atomic mass is 16.5. The molecule has 0 bridgehead atoms. The first-order valence-corrected chi connectivity index (χ1v) is 6.97. The Morgan fingerprint density at radius 1 is 1.40 bits per heavy atom. The van der Waals surface area contributed by atoms with Gasteiger partial charge in [-0.1, -0.05) is 18.2 Å². The van der Waals surface area contributed by atoms with Crippen LogP contribution in [0.15, 0.2) is 30.3 Å². The molecule has 110 valence electrons. The molecule has 0 aromatic heterocycles. The Labute approximate surface area is 119 Å². The third-order valence-electron chi connectivity index (χ3n) is 3.47. The maximum Gasteiger partial charge on any atom is 0.240 e. The normalized spacial score (nSPS) is 19.1. The zero-order valence-corrected chi connectivity index (χ0v) is 11.8. The van der Waals surface area contributed by atoms with Crippen molar-refractivity contribution in [1.82, 2.24) is 5.32 Å². The first-order chi connectivity index (χ1) is 9.60. The number of carbonyl (C=O) groups excluding carboxylic acids is 1. The smallest absolute Gasteiger partial charge is 0.240 e. The second-order valence-corrected chi connectivity index (χ2v) is 5.22. The van der Waals surface area contributed by atoms with Crippen molar-refractivity contribution in [1.29, 1.82) is 0 Å². The minimum Gasteiger partial charge on any atom is -0.489 e. The summed E-state index contributed by atoms with van der Waals surface area (Å²) < 4.78 is 10.9. The molecule has 1 fully saturated rings. The minimum absolute atomic E-state index is 0.107. The zero-order chi connectivity index (χ0) is 14.4. The molecule has 1 amide bonds. The van der Waals surface area contributed by atoms with Gasteiger partial charge in [0.25, 0.3) is 0 Å². The van der Waals surface area contributed by atoms with Crippen molar-refractivity contribution in [3.05, 3.63) is 30.3 Å². The van der Waals surface area contributed by atoms with Crippen molar-refractivity contribution in [2.75, 3.05) is 19.8 Å². The maximum absolute atomic E-state index is 12.1. The Morgan fingerprint density at radius 2 is 2.05 bits per heavy atom. The first-order valence-electron chi connectivity index (χ1n) is 6.97. The Balaban J connectivity index is 1.78. The van der Waals surface area contributed by atoms with Gasteiger partial charge in [0.1, 0.15) is 11.9 Å². The van der Waals surface area contributed by atoms with Gasteiger partial charge in [-0.3, -0.25) is 4.79 Å². The average molecular weight is 278 g/mol. The predicted octanol–water partition coefficient (Wildman–Crippen LogP) is 1.08. The maximum atomic E-state index is 12.1. The summed E-state index contributed by atoms with van der Waals surface area (Å²) >= 11 is 0. The molecule has 1 atom stereocenters.